The first kappa shape index (κ1) is 31.1. The summed E-state index contributed by atoms with van der Waals surface area (Å²) in [5.74, 6) is -4.22. The molecule has 0 saturated carbocycles. The fourth-order valence-corrected chi connectivity index (χ4v) is 4.83. The molecule has 0 bridgehead atoms. The summed E-state index contributed by atoms with van der Waals surface area (Å²) in [6.45, 7) is 0. The molecule has 0 radical (unpaired) electrons. The molecule has 236 valence electrons. The van der Waals surface area contributed by atoms with E-state index in [-0.39, 0.29) is 28.2 Å². The molecule has 1 aromatic heterocycles. The summed E-state index contributed by atoms with van der Waals surface area (Å²) >= 11 is 0. The highest BCUT2D eigenvalue weighted by Gasteiger charge is 2.54. The molecule has 44 heavy (non-hydrogen) atoms. The monoisotopic (exact) mass is 622 g/mol. The van der Waals surface area contributed by atoms with E-state index in [1.54, 1.807) is 0 Å². The number of phenols is 2. The number of aliphatic hydroxyl groups excluding tert-OH is 5. The molecule has 2 fully saturated rings. The molecule has 0 aliphatic carbocycles. The van der Waals surface area contributed by atoms with Crippen molar-refractivity contribution in [1.82, 2.24) is 0 Å². The van der Waals surface area contributed by atoms with Crippen LogP contribution >= 0.6 is 0 Å². The van der Waals surface area contributed by atoms with E-state index in [0.29, 0.717) is 5.56 Å². The number of carbonyl (C=O) groups is 2. The number of carboxylic acid groups (broad SMARTS) is 2. The molecular weight excluding hydrogens is 596 g/mol. The minimum atomic E-state index is -2.10. The van der Waals surface area contributed by atoms with Crippen molar-refractivity contribution in [1.29, 1.82) is 0 Å². The lowest BCUT2D eigenvalue weighted by atomic mass is 9.97. The largest absolute Gasteiger partial charge is 0.508 e. The molecule has 0 unspecified atom stereocenters. The maximum atomic E-state index is 12.6. The molecule has 2 saturated heterocycles. The Balaban J connectivity index is 1.41. The minimum absolute atomic E-state index is 0.0378. The number of hydrogen-bond acceptors (Lipinski definition) is 15. The van der Waals surface area contributed by atoms with E-state index in [1.807, 2.05) is 0 Å². The number of ether oxygens (including phenoxy) is 4. The second kappa shape index (κ2) is 12.0. The number of fused-ring (bicyclic) bond motifs is 1. The smallest absolute Gasteiger partial charge is 0.335 e. The SMILES string of the molecule is O=C(O)[C@H]1O[C@@H](O[C@H]2[C@H](Oc3ccc(-c4cc(=O)c5c(O)cc(O)cc5o4)cc3)O[C@H](C(=O)O)[C@@H](O)[C@@H]2O)[C@H](O)[C@@H](O)[C@@H]1O. The Bertz CT molecular complexity index is 1600. The van der Waals surface area contributed by atoms with Crippen LogP contribution in [0.5, 0.6) is 17.2 Å². The van der Waals surface area contributed by atoms with Gasteiger partial charge < -0.3 is 69.3 Å². The number of rotatable bonds is 7. The van der Waals surface area contributed by atoms with Crippen LogP contribution in [0, 0.1) is 0 Å². The standard InChI is InChI=1S/C27H26O17/c28-9-5-11(29)15-12(30)7-13(41-14(15)6-9)8-1-3-10(4-2-8)40-27-23(19(34)18(33)22(43-27)25(38)39)44-26-20(35)16(31)17(32)21(42-26)24(36)37/h1-7,16-23,26-29,31-35H,(H,36,37)(H,38,39)/t16-,17-,18-,19-,20+,21-,22-,23+,26-,27+/m0/s1. The van der Waals surface area contributed by atoms with E-state index < -0.39 is 84.5 Å². The van der Waals surface area contributed by atoms with Gasteiger partial charge in [0, 0.05) is 23.8 Å². The second-order valence-corrected chi connectivity index (χ2v) is 10.0. The summed E-state index contributed by atoms with van der Waals surface area (Å²) in [5, 5.41) is 89.7. The first-order valence-electron chi connectivity index (χ1n) is 12.9. The van der Waals surface area contributed by atoms with Gasteiger partial charge in [0.2, 0.25) is 6.29 Å². The van der Waals surface area contributed by atoms with E-state index in [1.165, 1.54) is 24.3 Å². The first-order chi connectivity index (χ1) is 20.8. The molecular formula is C27H26O17. The molecule has 2 aliphatic heterocycles. The van der Waals surface area contributed by atoms with Crippen LogP contribution < -0.4 is 10.2 Å². The third-order valence-electron chi connectivity index (χ3n) is 7.08. The predicted molar refractivity (Wildman–Crippen MR) is 139 cm³/mol. The molecule has 3 aromatic rings. The van der Waals surface area contributed by atoms with E-state index in [4.69, 9.17) is 23.4 Å². The van der Waals surface area contributed by atoms with E-state index >= 15 is 0 Å². The van der Waals surface area contributed by atoms with Crippen LogP contribution in [0.25, 0.3) is 22.3 Å². The fraction of sp³-hybridized carbons (Fsp3) is 0.370. The Hall–Kier alpha value is -4.33. The molecule has 3 heterocycles. The number of aliphatic hydroxyl groups is 5. The minimum Gasteiger partial charge on any atom is -0.508 e. The van der Waals surface area contributed by atoms with Crippen LogP contribution in [0.3, 0.4) is 0 Å². The quantitative estimate of drug-likeness (QED) is 0.138. The number of carboxylic acids is 2. The lowest BCUT2D eigenvalue weighted by Crippen LogP contribution is -2.66. The van der Waals surface area contributed by atoms with Gasteiger partial charge in [-0.2, -0.15) is 0 Å². The Labute approximate surface area is 244 Å². The van der Waals surface area contributed by atoms with Gasteiger partial charge in [0.25, 0.3) is 0 Å². The van der Waals surface area contributed by atoms with Crippen LogP contribution in [0.2, 0.25) is 0 Å². The van der Waals surface area contributed by atoms with Crippen LogP contribution in [0.15, 0.2) is 51.7 Å². The van der Waals surface area contributed by atoms with Crippen molar-refractivity contribution in [3.63, 3.8) is 0 Å². The summed E-state index contributed by atoms with van der Waals surface area (Å²) < 4.78 is 27.2. The molecule has 2 aromatic carbocycles. The summed E-state index contributed by atoms with van der Waals surface area (Å²) in [4.78, 5) is 35.7. The van der Waals surface area contributed by atoms with Gasteiger partial charge in [0.05, 0.1) is 0 Å². The van der Waals surface area contributed by atoms with Crippen molar-refractivity contribution in [2.75, 3.05) is 0 Å². The summed E-state index contributed by atoms with van der Waals surface area (Å²) in [6.07, 6.45) is -20.1. The molecule has 2 aliphatic rings. The average molecular weight is 622 g/mol. The van der Waals surface area contributed by atoms with Crippen LogP contribution in [0.1, 0.15) is 0 Å². The third kappa shape index (κ3) is 5.77. The van der Waals surface area contributed by atoms with Crippen molar-refractivity contribution in [3.05, 3.63) is 52.7 Å². The Kier molecular flexibility index (Phi) is 8.47. The molecule has 10 atom stereocenters. The van der Waals surface area contributed by atoms with E-state index in [9.17, 15) is 60.3 Å². The number of benzene rings is 2. The maximum absolute atomic E-state index is 12.6. The topological polar surface area (TPSA) is 283 Å². The van der Waals surface area contributed by atoms with Crippen molar-refractivity contribution in [3.8, 4) is 28.6 Å². The average Bonchev–Trinajstić information content (AvgIpc) is 2.96. The van der Waals surface area contributed by atoms with Gasteiger partial charge in [-0.15, -0.1) is 0 Å². The van der Waals surface area contributed by atoms with Crippen molar-refractivity contribution in [2.45, 2.75) is 61.4 Å². The number of phenolic OH excluding ortho intramolecular Hbond substituents is 2. The van der Waals surface area contributed by atoms with Crippen LogP contribution in [-0.4, -0.2) is 119 Å². The molecule has 17 nitrogen and oxygen atoms in total. The Morgan fingerprint density at radius 1 is 0.727 bits per heavy atom. The normalized spacial score (nSPS) is 32.3. The van der Waals surface area contributed by atoms with Crippen LogP contribution in [0.4, 0.5) is 0 Å². The first-order valence-corrected chi connectivity index (χ1v) is 12.9. The number of aliphatic carboxylic acids is 2. The Morgan fingerprint density at radius 3 is 1.93 bits per heavy atom. The van der Waals surface area contributed by atoms with Gasteiger partial charge in [-0.1, -0.05) is 0 Å². The fourth-order valence-electron chi connectivity index (χ4n) is 4.83. The zero-order valence-corrected chi connectivity index (χ0v) is 22.1. The van der Waals surface area contributed by atoms with Gasteiger partial charge in [0.15, 0.2) is 30.0 Å². The van der Waals surface area contributed by atoms with Crippen molar-refractivity contribution >= 4 is 22.9 Å². The lowest BCUT2D eigenvalue weighted by molar-refractivity contribution is -0.350. The maximum Gasteiger partial charge on any atom is 0.335 e. The van der Waals surface area contributed by atoms with Crippen molar-refractivity contribution < 1.29 is 78.9 Å². The second-order valence-electron chi connectivity index (χ2n) is 10.0. The third-order valence-corrected chi connectivity index (χ3v) is 7.08. The molecule has 17 heteroatoms. The zero-order valence-electron chi connectivity index (χ0n) is 22.1. The summed E-state index contributed by atoms with van der Waals surface area (Å²) in [7, 11) is 0. The summed E-state index contributed by atoms with van der Waals surface area (Å²) in [6, 6.07) is 8.68. The number of aromatic hydroxyl groups is 2. The van der Waals surface area contributed by atoms with Gasteiger partial charge in [-0.3, -0.25) is 4.79 Å². The highest BCUT2D eigenvalue weighted by molar-refractivity contribution is 5.86. The number of hydrogen-bond donors (Lipinski definition) is 9. The van der Waals surface area contributed by atoms with Gasteiger partial charge in [-0.25, -0.2) is 9.59 Å². The van der Waals surface area contributed by atoms with Gasteiger partial charge in [-0.05, 0) is 24.3 Å². The Morgan fingerprint density at radius 2 is 1.32 bits per heavy atom. The molecule has 5 rings (SSSR count). The highest BCUT2D eigenvalue weighted by Crippen LogP contribution is 2.33. The predicted octanol–water partition coefficient (Wildman–Crippen LogP) is -1.94. The van der Waals surface area contributed by atoms with Gasteiger partial charge in [0.1, 0.15) is 64.5 Å². The summed E-state index contributed by atoms with van der Waals surface area (Å²) in [5.41, 5.74) is -0.374. The van der Waals surface area contributed by atoms with Gasteiger partial charge >= 0.3 is 11.9 Å². The lowest BCUT2D eigenvalue weighted by Gasteiger charge is -2.44. The van der Waals surface area contributed by atoms with Crippen molar-refractivity contribution in [2.24, 2.45) is 0 Å². The zero-order chi connectivity index (χ0) is 32.0. The molecule has 0 spiro atoms. The van der Waals surface area contributed by atoms with E-state index in [0.717, 1.165) is 18.2 Å². The highest BCUT2D eigenvalue weighted by atomic mass is 16.8. The molecule has 9 N–H and O–H groups in total. The molecule has 0 amide bonds. The van der Waals surface area contributed by atoms with E-state index in [2.05, 4.69) is 0 Å². The van der Waals surface area contributed by atoms with Crippen LogP contribution in [-0.2, 0) is 23.8 Å².